The minimum Gasteiger partial charge on any atom is -0.481 e. The summed E-state index contributed by atoms with van der Waals surface area (Å²) in [5.41, 5.74) is 2.80. The summed E-state index contributed by atoms with van der Waals surface area (Å²) in [6, 6.07) is 13.3. The number of hydrogen-bond acceptors (Lipinski definition) is 5. The van der Waals surface area contributed by atoms with Gasteiger partial charge in [0.15, 0.2) is 0 Å². The highest BCUT2D eigenvalue weighted by Gasteiger charge is 2.11. The first kappa shape index (κ1) is 14.6. The smallest absolute Gasteiger partial charge is 0.257 e. The minimum atomic E-state index is -0.140. The fourth-order valence-corrected chi connectivity index (χ4v) is 3.31. The summed E-state index contributed by atoms with van der Waals surface area (Å²) in [6.45, 7) is 0. The van der Waals surface area contributed by atoms with E-state index in [0.717, 1.165) is 21.5 Å². The van der Waals surface area contributed by atoms with Crippen LogP contribution in [0.5, 0.6) is 5.88 Å². The van der Waals surface area contributed by atoms with Crippen LogP contribution in [0.15, 0.2) is 58.8 Å². The lowest BCUT2D eigenvalue weighted by Gasteiger charge is -2.01. The van der Waals surface area contributed by atoms with Crippen LogP contribution in [0, 0.1) is 0 Å². The number of thiazole rings is 1. The number of hydrogen-bond donors (Lipinski definition) is 1. The number of fused-ring (bicyclic) bond motifs is 1. The van der Waals surface area contributed by atoms with Crippen LogP contribution in [-0.2, 0) is 0 Å². The van der Waals surface area contributed by atoms with Gasteiger partial charge in [-0.2, -0.15) is 0 Å². The minimum absolute atomic E-state index is 0.140. The van der Waals surface area contributed by atoms with Crippen LogP contribution in [0.3, 0.4) is 0 Å². The van der Waals surface area contributed by atoms with Crippen molar-refractivity contribution < 1.29 is 4.74 Å². The molecule has 0 saturated carbocycles. The van der Waals surface area contributed by atoms with Crippen molar-refractivity contribution >= 4 is 22.2 Å². The van der Waals surface area contributed by atoms with Gasteiger partial charge in [0.2, 0.25) is 5.88 Å². The third-order valence-electron chi connectivity index (χ3n) is 3.73. The van der Waals surface area contributed by atoms with Crippen molar-refractivity contribution in [1.82, 2.24) is 15.0 Å². The number of aromatic nitrogens is 3. The zero-order valence-corrected chi connectivity index (χ0v) is 13.6. The van der Waals surface area contributed by atoms with Crippen LogP contribution in [-0.4, -0.2) is 22.1 Å². The van der Waals surface area contributed by atoms with Crippen LogP contribution in [0.25, 0.3) is 32.7 Å². The van der Waals surface area contributed by atoms with Crippen LogP contribution in [0.2, 0.25) is 0 Å². The first-order valence-electron chi connectivity index (χ1n) is 7.33. The predicted molar refractivity (Wildman–Crippen MR) is 95.5 cm³/mol. The standard InChI is InChI=1S/C18H13N3O2S/c1-23-16-7-6-12(9-19-16)18-21-15(10-24-18)13-8-11-4-2-3-5-14(11)20-17(13)22/h2-10H,1H3,(H,20,22). The van der Waals surface area contributed by atoms with E-state index in [4.69, 9.17) is 4.74 Å². The lowest BCUT2D eigenvalue weighted by Crippen LogP contribution is -2.08. The largest absolute Gasteiger partial charge is 0.481 e. The molecule has 0 fully saturated rings. The van der Waals surface area contributed by atoms with Gasteiger partial charge >= 0.3 is 0 Å². The first-order chi connectivity index (χ1) is 11.7. The van der Waals surface area contributed by atoms with E-state index in [1.165, 1.54) is 11.3 Å². The molecular weight excluding hydrogens is 322 g/mol. The van der Waals surface area contributed by atoms with Crippen molar-refractivity contribution in [2.75, 3.05) is 7.11 Å². The van der Waals surface area contributed by atoms with Crippen molar-refractivity contribution in [3.63, 3.8) is 0 Å². The summed E-state index contributed by atoms with van der Waals surface area (Å²) in [5.74, 6) is 0.557. The van der Waals surface area contributed by atoms with Crippen LogP contribution >= 0.6 is 11.3 Å². The maximum Gasteiger partial charge on any atom is 0.257 e. The van der Waals surface area contributed by atoms with Gasteiger partial charge in [0, 0.05) is 28.7 Å². The second-order valence-corrected chi connectivity index (χ2v) is 6.08. The molecule has 4 rings (SSSR count). The molecular formula is C18H13N3O2S. The van der Waals surface area contributed by atoms with Crippen molar-refractivity contribution in [3.8, 4) is 27.7 Å². The molecule has 3 aromatic heterocycles. The topological polar surface area (TPSA) is 67.9 Å². The van der Waals surface area contributed by atoms with Crippen LogP contribution in [0.4, 0.5) is 0 Å². The molecule has 0 atom stereocenters. The van der Waals surface area contributed by atoms with E-state index in [0.29, 0.717) is 17.1 Å². The van der Waals surface area contributed by atoms with Gasteiger partial charge < -0.3 is 9.72 Å². The molecule has 3 heterocycles. The molecule has 0 spiro atoms. The number of benzene rings is 1. The molecule has 4 aromatic rings. The number of H-pyrrole nitrogens is 1. The molecule has 0 unspecified atom stereocenters. The van der Waals surface area contributed by atoms with Crippen molar-refractivity contribution in [3.05, 3.63) is 64.4 Å². The molecule has 0 aliphatic carbocycles. The molecule has 0 saturated heterocycles. The average molecular weight is 335 g/mol. The van der Waals surface area contributed by atoms with Gasteiger partial charge in [-0.25, -0.2) is 9.97 Å². The molecule has 0 aliphatic rings. The Morgan fingerprint density at radius 1 is 1.17 bits per heavy atom. The zero-order valence-electron chi connectivity index (χ0n) is 12.8. The summed E-state index contributed by atoms with van der Waals surface area (Å²) >= 11 is 1.48. The summed E-state index contributed by atoms with van der Waals surface area (Å²) in [5, 5.41) is 3.68. The Bertz CT molecular complexity index is 1070. The first-order valence-corrected chi connectivity index (χ1v) is 8.21. The summed E-state index contributed by atoms with van der Waals surface area (Å²) in [6.07, 6.45) is 1.71. The Labute approximate surface area is 141 Å². The van der Waals surface area contributed by atoms with Crippen molar-refractivity contribution in [1.29, 1.82) is 0 Å². The number of aromatic amines is 1. The number of nitrogens with zero attached hydrogens (tertiary/aromatic N) is 2. The molecule has 0 aliphatic heterocycles. The fraction of sp³-hybridized carbons (Fsp3) is 0.0556. The lowest BCUT2D eigenvalue weighted by molar-refractivity contribution is 0.398. The van der Waals surface area contributed by atoms with Crippen molar-refractivity contribution in [2.45, 2.75) is 0 Å². The maximum absolute atomic E-state index is 12.3. The van der Waals surface area contributed by atoms with Gasteiger partial charge in [-0.05, 0) is 23.6 Å². The molecule has 24 heavy (non-hydrogen) atoms. The van der Waals surface area contributed by atoms with Gasteiger partial charge in [-0.15, -0.1) is 11.3 Å². The van der Waals surface area contributed by atoms with E-state index < -0.39 is 0 Å². The molecule has 6 heteroatoms. The summed E-state index contributed by atoms with van der Waals surface area (Å²) < 4.78 is 5.06. The number of ether oxygens (including phenoxy) is 1. The van der Waals surface area contributed by atoms with Crippen LogP contribution in [0.1, 0.15) is 0 Å². The molecule has 5 nitrogen and oxygen atoms in total. The van der Waals surface area contributed by atoms with Gasteiger partial charge in [0.05, 0.1) is 18.4 Å². The molecule has 1 aromatic carbocycles. The Morgan fingerprint density at radius 3 is 2.83 bits per heavy atom. The molecule has 0 bridgehead atoms. The second-order valence-electron chi connectivity index (χ2n) is 5.23. The van der Waals surface area contributed by atoms with E-state index in [1.54, 1.807) is 19.4 Å². The quantitative estimate of drug-likeness (QED) is 0.619. The summed E-state index contributed by atoms with van der Waals surface area (Å²) in [7, 11) is 1.58. The van der Waals surface area contributed by atoms with Crippen LogP contribution < -0.4 is 10.3 Å². The number of nitrogens with one attached hydrogen (secondary N) is 1. The van der Waals surface area contributed by atoms with Gasteiger partial charge in [0.1, 0.15) is 5.01 Å². The lowest BCUT2D eigenvalue weighted by atomic mass is 10.1. The Hall–Kier alpha value is -2.99. The monoisotopic (exact) mass is 335 g/mol. The SMILES string of the molecule is COc1ccc(-c2nc(-c3cc4ccccc4[nH]c3=O)cs2)cn1. The van der Waals surface area contributed by atoms with E-state index in [1.807, 2.05) is 41.8 Å². The van der Waals surface area contributed by atoms with Crippen molar-refractivity contribution in [2.24, 2.45) is 0 Å². The van der Waals surface area contributed by atoms with E-state index in [9.17, 15) is 4.79 Å². The molecule has 0 amide bonds. The third-order valence-corrected chi connectivity index (χ3v) is 4.62. The maximum atomic E-state index is 12.3. The molecule has 1 N–H and O–H groups in total. The Balaban J connectivity index is 1.76. The third kappa shape index (κ3) is 2.57. The van der Waals surface area contributed by atoms with E-state index in [-0.39, 0.29) is 5.56 Å². The fourth-order valence-electron chi connectivity index (χ4n) is 2.50. The Kier molecular flexibility index (Phi) is 3.59. The number of pyridine rings is 2. The van der Waals surface area contributed by atoms with E-state index in [2.05, 4.69) is 15.0 Å². The highest BCUT2D eigenvalue weighted by Crippen LogP contribution is 2.28. The Morgan fingerprint density at radius 2 is 2.04 bits per heavy atom. The highest BCUT2D eigenvalue weighted by atomic mass is 32.1. The number of para-hydroxylation sites is 1. The van der Waals surface area contributed by atoms with Gasteiger partial charge in [-0.3, -0.25) is 4.79 Å². The normalized spacial score (nSPS) is 10.9. The number of methoxy groups -OCH3 is 1. The second kappa shape index (κ2) is 5.90. The molecule has 0 radical (unpaired) electrons. The van der Waals surface area contributed by atoms with Gasteiger partial charge in [0.25, 0.3) is 5.56 Å². The predicted octanol–water partition coefficient (Wildman–Crippen LogP) is 3.72. The van der Waals surface area contributed by atoms with Gasteiger partial charge in [-0.1, -0.05) is 18.2 Å². The number of rotatable bonds is 3. The van der Waals surface area contributed by atoms with E-state index >= 15 is 0 Å². The molecule has 118 valence electrons. The summed E-state index contributed by atoms with van der Waals surface area (Å²) in [4.78, 5) is 24.0. The zero-order chi connectivity index (χ0) is 16.5. The highest BCUT2D eigenvalue weighted by molar-refractivity contribution is 7.13. The average Bonchev–Trinajstić information content (AvgIpc) is 3.11.